The number of benzene rings is 3. The minimum Gasteiger partial charge on any atom is -0.450 e. The highest BCUT2D eigenvalue weighted by Gasteiger charge is 2.33. The molecule has 0 N–H and O–H groups in total. The molecule has 3 aromatic rings. The second kappa shape index (κ2) is 9.00. The van der Waals surface area contributed by atoms with Gasteiger partial charge >= 0.3 is 5.97 Å². The first-order chi connectivity index (χ1) is 14.6. The number of carbonyl (C=O) groups excluding carboxylic acids is 1. The zero-order valence-corrected chi connectivity index (χ0v) is 17.3. The van der Waals surface area contributed by atoms with E-state index in [1.807, 2.05) is 72.8 Å². The van der Waals surface area contributed by atoms with E-state index in [2.05, 4.69) is 32.1 Å². The molecule has 4 rings (SSSR count). The predicted molar refractivity (Wildman–Crippen MR) is 119 cm³/mol. The lowest BCUT2D eigenvalue weighted by Crippen LogP contribution is -2.28. The first-order valence-corrected chi connectivity index (χ1v) is 10.4. The van der Waals surface area contributed by atoms with Gasteiger partial charge in [0.2, 0.25) is 0 Å². The third-order valence-electron chi connectivity index (χ3n) is 5.39. The minimum atomic E-state index is -0.799. The van der Waals surface area contributed by atoms with Gasteiger partial charge in [-0.1, -0.05) is 98.3 Å². The summed E-state index contributed by atoms with van der Waals surface area (Å²) in [5, 5.41) is 0. The molecule has 0 spiro atoms. The highest BCUT2D eigenvalue weighted by atomic mass is 16.7. The number of fused-ring (bicyclic) bond motifs is 1. The summed E-state index contributed by atoms with van der Waals surface area (Å²) in [5.74, 6) is 0.204. The molecule has 0 aromatic heterocycles. The van der Waals surface area contributed by atoms with Crippen LogP contribution in [0.5, 0.6) is 5.75 Å². The van der Waals surface area contributed by atoms with Crippen LogP contribution in [0.4, 0.5) is 0 Å². The summed E-state index contributed by atoms with van der Waals surface area (Å²) in [7, 11) is 0. The Labute approximate surface area is 178 Å². The fourth-order valence-electron chi connectivity index (χ4n) is 3.93. The summed E-state index contributed by atoms with van der Waals surface area (Å²) in [6.45, 7) is 4.12. The van der Waals surface area contributed by atoms with Crippen molar-refractivity contribution in [3.8, 4) is 5.75 Å². The van der Waals surface area contributed by atoms with Crippen molar-refractivity contribution in [1.29, 1.82) is 0 Å². The fourth-order valence-corrected chi connectivity index (χ4v) is 3.93. The number of carbonyl (C=O) groups is 1. The summed E-state index contributed by atoms with van der Waals surface area (Å²) in [6, 6.07) is 27.3. The molecule has 0 bridgehead atoms. The van der Waals surface area contributed by atoms with Gasteiger partial charge in [-0.25, -0.2) is 0 Å². The topological polar surface area (TPSA) is 35.5 Å². The van der Waals surface area contributed by atoms with Crippen molar-refractivity contribution < 1.29 is 14.3 Å². The highest BCUT2D eigenvalue weighted by molar-refractivity contribution is 5.80. The van der Waals surface area contributed by atoms with Gasteiger partial charge in [0.05, 0.1) is 5.92 Å². The number of ether oxygens (including phenoxy) is 2. The van der Waals surface area contributed by atoms with Crippen LogP contribution in [0.15, 0.2) is 90.5 Å². The van der Waals surface area contributed by atoms with Crippen LogP contribution in [0.3, 0.4) is 0 Å². The number of rotatable bonds is 7. The van der Waals surface area contributed by atoms with E-state index in [0.717, 1.165) is 17.6 Å². The molecule has 0 saturated heterocycles. The van der Waals surface area contributed by atoms with Crippen LogP contribution >= 0.6 is 0 Å². The Balaban J connectivity index is 1.57. The van der Waals surface area contributed by atoms with Crippen LogP contribution in [0.1, 0.15) is 36.8 Å². The number of para-hydroxylation sites is 1. The Morgan fingerprint density at radius 3 is 2.13 bits per heavy atom. The predicted octanol–water partition coefficient (Wildman–Crippen LogP) is 6.22. The zero-order valence-electron chi connectivity index (χ0n) is 17.3. The van der Waals surface area contributed by atoms with Gasteiger partial charge in [-0.15, -0.1) is 0 Å². The van der Waals surface area contributed by atoms with Crippen molar-refractivity contribution in [2.24, 2.45) is 11.8 Å². The molecule has 30 heavy (non-hydrogen) atoms. The Morgan fingerprint density at radius 2 is 1.47 bits per heavy atom. The first-order valence-electron chi connectivity index (χ1n) is 10.4. The Hall–Kier alpha value is -3.33. The van der Waals surface area contributed by atoms with E-state index in [0.29, 0.717) is 5.75 Å². The second-order valence-corrected chi connectivity index (χ2v) is 7.93. The smallest absolute Gasteiger partial charge is 0.316 e. The second-order valence-electron chi connectivity index (χ2n) is 7.93. The molecule has 1 aliphatic carbocycles. The Bertz CT molecular complexity index is 1020. The van der Waals surface area contributed by atoms with Crippen LogP contribution in [-0.2, 0) is 16.0 Å². The zero-order chi connectivity index (χ0) is 20.9. The third kappa shape index (κ3) is 4.46. The number of esters is 1. The first kappa shape index (κ1) is 20.0. The van der Waals surface area contributed by atoms with Gasteiger partial charge in [0.25, 0.3) is 6.29 Å². The van der Waals surface area contributed by atoms with Crippen molar-refractivity contribution in [3.05, 3.63) is 107 Å². The maximum atomic E-state index is 13.4. The number of hydrogen-bond donors (Lipinski definition) is 0. The Kier molecular flexibility index (Phi) is 5.99. The SMILES string of the molecule is CC(C)C(C(=O)OC(Oc1ccccc1)c1ccccc1)C1=Cc2ccccc2C1. The summed E-state index contributed by atoms with van der Waals surface area (Å²) in [6.07, 6.45) is 2.12. The molecule has 2 unspecified atom stereocenters. The van der Waals surface area contributed by atoms with Crippen LogP contribution in [0, 0.1) is 11.8 Å². The molecule has 3 aromatic carbocycles. The average Bonchev–Trinajstić information content (AvgIpc) is 3.18. The standard InChI is InChI=1S/C27H26O3/c1-19(2)25(23-17-21-13-9-10-14-22(21)18-23)26(28)30-27(20-11-5-3-6-12-20)29-24-15-7-4-8-16-24/h3-17,19,25,27H,18H2,1-2H3. The van der Waals surface area contributed by atoms with Gasteiger partial charge in [0.15, 0.2) is 0 Å². The summed E-state index contributed by atoms with van der Waals surface area (Å²) >= 11 is 0. The van der Waals surface area contributed by atoms with E-state index in [4.69, 9.17) is 9.47 Å². The van der Waals surface area contributed by atoms with E-state index >= 15 is 0 Å². The molecular weight excluding hydrogens is 372 g/mol. The molecule has 3 heteroatoms. The van der Waals surface area contributed by atoms with Crippen molar-refractivity contribution in [2.75, 3.05) is 0 Å². The van der Waals surface area contributed by atoms with E-state index in [1.165, 1.54) is 11.1 Å². The minimum absolute atomic E-state index is 0.117. The van der Waals surface area contributed by atoms with Gasteiger partial charge in [-0.05, 0) is 35.6 Å². The summed E-state index contributed by atoms with van der Waals surface area (Å²) in [5.41, 5.74) is 4.35. The van der Waals surface area contributed by atoms with Gasteiger partial charge < -0.3 is 9.47 Å². The molecule has 0 heterocycles. The van der Waals surface area contributed by atoms with Gasteiger partial charge in [-0.3, -0.25) is 4.79 Å². The van der Waals surface area contributed by atoms with E-state index in [9.17, 15) is 4.79 Å². The third-order valence-corrected chi connectivity index (χ3v) is 5.39. The van der Waals surface area contributed by atoms with E-state index < -0.39 is 6.29 Å². The quantitative estimate of drug-likeness (QED) is 0.350. The molecule has 0 aliphatic heterocycles. The number of hydrogen-bond acceptors (Lipinski definition) is 3. The molecule has 1 aliphatic rings. The lowest BCUT2D eigenvalue weighted by Gasteiger charge is -2.25. The molecular formula is C27H26O3. The average molecular weight is 399 g/mol. The molecule has 3 nitrogen and oxygen atoms in total. The van der Waals surface area contributed by atoms with Crippen molar-refractivity contribution in [1.82, 2.24) is 0 Å². The molecule has 152 valence electrons. The van der Waals surface area contributed by atoms with Crippen LogP contribution < -0.4 is 4.74 Å². The molecule has 0 amide bonds. The maximum Gasteiger partial charge on any atom is 0.316 e. The largest absolute Gasteiger partial charge is 0.450 e. The van der Waals surface area contributed by atoms with Gasteiger partial charge in [0.1, 0.15) is 5.75 Å². The monoisotopic (exact) mass is 398 g/mol. The van der Waals surface area contributed by atoms with Crippen LogP contribution in [0.2, 0.25) is 0 Å². The Morgan fingerprint density at radius 1 is 0.833 bits per heavy atom. The molecule has 0 fully saturated rings. The van der Waals surface area contributed by atoms with Crippen LogP contribution in [0.25, 0.3) is 6.08 Å². The van der Waals surface area contributed by atoms with Gasteiger partial charge in [-0.2, -0.15) is 0 Å². The van der Waals surface area contributed by atoms with Gasteiger partial charge in [0, 0.05) is 5.56 Å². The van der Waals surface area contributed by atoms with Crippen molar-refractivity contribution in [3.63, 3.8) is 0 Å². The lowest BCUT2D eigenvalue weighted by molar-refractivity contribution is -0.170. The fraction of sp³-hybridized carbons (Fsp3) is 0.222. The van der Waals surface area contributed by atoms with Crippen molar-refractivity contribution in [2.45, 2.75) is 26.6 Å². The molecule has 0 radical (unpaired) electrons. The maximum absolute atomic E-state index is 13.4. The summed E-state index contributed by atoms with van der Waals surface area (Å²) < 4.78 is 12.0. The highest BCUT2D eigenvalue weighted by Crippen LogP contribution is 2.35. The summed E-state index contributed by atoms with van der Waals surface area (Å²) in [4.78, 5) is 13.4. The molecule has 2 atom stereocenters. The lowest BCUT2D eigenvalue weighted by atomic mass is 9.87. The molecule has 0 saturated carbocycles. The normalized spacial score (nSPS) is 14.6. The van der Waals surface area contributed by atoms with Crippen molar-refractivity contribution >= 4 is 12.0 Å². The van der Waals surface area contributed by atoms with E-state index in [1.54, 1.807) is 0 Å². The van der Waals surface area contributed by atoms with E-state index in [-0.39, 0.29) is 17.8 Å². The van der Waals surface area contributed by atoms with Crippen LogP contribution in [-0.4, -0.2) is 5.97 Å².